The predicted octanol–water partition coefficient (Wildman–Crippen LogP) is 3.13. The van der Waals surface area contributed by atoms with E-state index in [-0.39, 0.29) is 0 Å². The van der Waals surface area contributed by atoms with Gasteiger partial charge in [0.05, 0.1) is 0 Å². The van der Waals surface area contributed by atoms with Crippen LogP contribution in [0.2, 0.25) is 0 Å². The summed E-state index contributed by atoms with van der Waals surface area (Å²) in [6.07, 6.45) is 1.23. The van der Waals surface area contributed by atoms with Crippen LogP contribution < -0.4 is 10.2 Å². The molecule has 0 spiro atoms. The van der Waals surface area contributed by atoms with Crippen LogP contribution in [0.25, 0.3) is 0 Å². The molecular weight excluding hydrogens is 220 g/mol. The van der Waals surface area contributed by atoms with Crippen LogP contribution in [0, 0.1) is 19.8 Å². The van der Waals surface area contributed by atoms with Crippen molar-refractivity contribution in [3.63, 3.8) is 0 Å². The van der Waals surface area contributed by atoms with E-state index >= 15 is 0 Å². The zero-order chi connectivity index (χ0) is 13.1. The van der Waals surface area contributed by atoms with Crippen molar-refractivity contribution in [1.82, 2.24) is 5.32 Å². The summed E-state index contributed by atoms with van der Waals surface area (Å²) in [6.45, 7) is 12.4. The average Bonchev–Trinajstić information content (AvgIpc) is 2.53. The van der Waals surface area contributed by atoms with Crippen molar-refractivity contribution < 1.29 is 0 Å². The molecule has 1 aromatic rings. The number of hydrogen-bond donors (Lipinski definition) is 1. The molecule has 0 bridgehead atoms. The number of anilines is 1. The van der Waals surface area contributed by atoms with Crippen molar-refractivity contribution in [1.29, 1.82) is 0 Å². The molecule has 18 heavy (non-hydrogen) atoms. The van der Waals surface area contributed by atoms with Gasteiger partial charge in [0.15, 0.2) is 0 Å². The van der Waals surface area contributed by atoms with Crippen molar-refractivity contribution in [2.24, 2.45) is 5.92 Å². The number of nitrogens with zero attached hydrogens (tertiary/aromatic N) is 1. The maximum atomic E-state index is 3.67. The van der Waals surface area contributed by atoms with Gasteiger partial charge in [-0.1, -0.05) is 19.9 Å². The monoisotopic (exact) mass is 246 g/mol. The predicted molar refractivity (Wildman–Crippen MR) is 79.4 cm³/mol. The van der Waals surface area contributed by atoms with Crippen LogP contribution in [-0.4, -0.2) is 25.7 Å². The first kappa shape index (κ1) is 13.4. The lowest BCUT2D eigenvalue weighted by molar-refractivity contribution is 0.420. The van der Waals surface area contributed by atoms with Crippen molar-refractivity contribution >= 4 is 5.69 Å². The summed E-state index contributed by atoms with van der Waals surface area (Å²) in [5, 5.41) is 3.67. The van der Waals surface area contributed by atoms with E-state index < -0.39 is 0 Å². The number of hydrogen-bond acceptors (Lipinski definition) is 2. The number of aryl methyl sites for hydroxylation is 2. The van der Waals surface area contributed by atoms with Gasteiger partial charge in [0, 0.05) is 24.8 Å². The molecule has 1 heterocycles. The largest absolute Gasteiger partial charge is 0.370 e. The SMILES string of the molecule is Cc1cc(C)cc(N2CCCNC(C(C)C)C2)c1. The summed E-state index contributed by atoms with van der Waals surface area (Å²) in [5.41, 5.74) is 4.12. The van der Waals surface area contributed by atoms with Crippen LogP contribution in [0.3, 0.4) is 0 Å². The van der Waals surface area contributed by atoms with Gasteiger partial charge in [0.25, 0.3) is 0 Å². The summed E-state index contributed by atoms with van der Waals surface area (Å²) < 4.78 is 0. The maximum Gasteiger partial charge on any atom is 0.0372 e. The molecule has 0 aliphatic carbocycles. The number of benzene rings is 1. The normalized spacial score (nSPS) is 21.2. The fraction of sp³-hybridized carbons (Fsp3) is 0.625. The Balaban J connectivity index is 2.19. The van der Waals surface area contributed by atoms with E-state index in [1.165, 1.54) is 29.8 Å². The lowest BCUT2D eigenvalue weighted by Crippen LogP contribution is -2.41. The lowest BCUT2D eigenvalue weighted by atomic mass is 10.0. The Labute approximate surface area is 111 Å². The minimum atomic E-state index is 0.605. The second kappa shape index (κ2) is 5.75. The Morgan fingerprint density at radius 3 is 2.44 bits per heavy atom. The van der Waals surface area contributed by atoms with Gasteiger partial charge < -0.3 is 10.2 Å². The average molecular weight is 246 g/mol. The molecular formula is C16H26N2. The van der Waals surface area contributed by atoms with Gasteiger partial charge in [-0.15, -0.1) is 0 Å². The summed E-state index contributed by atoms with van der Waals surface area (Å²) in [5.74, 6) is 0.691. The Hall–Kier alpha value is -1.02. The maximum absolute atomic E-state index is 3.67. The molecule has 0 radical (unpaired) electrons. The highest BCUT2D eigenvalue weighted by molar-refractivity contribution is 5.51. The van der Waals surface area contributed by atoms with E-state index in [9.17, 15) is 0 Å². The first-order valence-corrected chi connectivity index (χ1v) is 7.13. The molecule has 0 amide bonds. The summed E-state index contributed by atoms with van der Waals surface area (Å²) in [7, 11) is 0. The van der Waals surface area contributed by atoms with E-state index in [2.05, 4.69) is 56.1 Å². The van der Waals surface area contributed by atoms with Gasteiger partial charge >= 0.3 is 0 Å². The molecule has 1 aliphatic heterocycles. The highest BCUT2D eigenvalue weighted by Gasteiger charge is 2.20. The smallest absolute Gasteiger partial charge is 0.0372 e. The minimum absolute atomic E-state index is 0.605. The Morgan fingerprint density at radius 2 is 1.83 bits per heavy atom. The Kier molecular flexibility index (Phi) is 4.28. The molecule has 1 fully saturated rings. The van der Waals surface area contributed by atoms with Crippen molar-refractivity contribution in [2.75, 3.05) is 24.5 Å². The number of nitrogens with one attached hydrogen (secondary N) is 1. The molecule has 100 valence electrons. The highest BCUT2D eigenvalue weighted by Crippen LogP contribution is 2.21. The lowest BCUT2D eigenvalue weighted by Gasteiger charge is -2.29. The quantitative estimate of drug-likeness (QED) is 0.862. The molecule has 2 rings (SSSR count). The Morgan fingerprint density at radius 1 is 1.17 bits per heavy atom. The molecule has 1 aliphatic rings. The van der Waals surface area contributed by atoms with E-state index in [4.69, 9.17) is 0 Å². The van der Waals surface area contributed by atoms with Gasteiger partial charge in [-0.3, -0.25) is 0 Å². The van der Waals surface area contributed by atoms with Gasteiger partial charge in [-0.2, -0.15) is 0 Å². The molecule has 1 saturated heterocycles. The highest BCUT2D eigenvalue weighted by atomic mass is 15.2. The molecule has 0 saturated carbocycles. The molecule has 0 aromatic heterocycles. The molecule has 1 atom stereocenters. The first-order chi connectivity index (χ1) is 8.56. The Bertz CT molecular complexity index is 378. The van der Waals surface area contributed by atoms with E-state index in [0.717, 1.165) is 13.1 Å². The zero-order valence-corrected chi connectivity index (χ0v) is 12.2. The zero-order valence-electron chi connectivity index (χ0n) is 12.2. The summed E-state index contributed by atoms with van der Waals surface area (Å²) in [4.78, 5) is 2.55. The molecule has 1 unspecified atom stereocenters. The summed E-state index contributed by atoms with van der Waals surface area (Å²) >= 11 is 0. The topological polar surface area (TPSA) is 15.3 Å². The molecule has 1 aromatic carbocycles. The van der Waals surface area contributed by atoms with Crippen LogP contribution >= 0.6 is 0 Å². The van der Waals surface area contributed by atoms with Gasteiger partial charge in [-0.25, -0.2) is 0 Å². The fourth-order valence-corrected chi connectivity index (χ4v) is 2.76. The van der Waals surface area contributed by atoms with Crippen LogP contribution in [0.5, 0.6) is 0 Å². The van der Waals surface area contributed by atoms with Crippen LogP contribution in [0.4, 0.5) is 5.69 Å². The van der Waals surface area contributed by atoms with Crippen LogP contribution in [-0.2, 0) is 0 Å². The van der Waals surface area contributed by atoms with Gasteiger partial charge in [-0.05, 0) is 56.0 Å². The molecule has 2 nitrogen and oxygen atoms in total. The van der Waals surface area contributed by atoms with Crippen molar-refractivity contribution in [2.45, 2.75) is 40.2 Å². The molecule has 2 heteroatoms. The minimum Gasteiger partial charge on any atom is -0.370 e. The summed E-state index contributed by atoms with van der Waals surface area (Å²) in [6, 6.07) is 7.48. The van der Waals surface area contributed by atoms with E-state index in [1.807, 2.05) is 0 Å². The fourth-order valence-electron chi connectivity index (χ4n) is 2.76. The first-order valence-electron chi connectivity index (χ1n) is 7.13. The van der Waals surface area contributed by atoms with Gasteiger partial charge in [0.1, 0.15) is 0 Å². The standard InChI is InChI=1S/C16H26N2/c1-12(2)16-11-18(7-5-6-17-16)15-9-13(3)8-14(4)10-15/h8-10,12,16-17H,5-7,11H2,1-4H3. The molecule has 1 N–H and O–H groups in total. The second-order valence-electron chi connectivity index (χ2n) is 5.95. The van der Waals surface area contributed by atoms with E-state index in [1.54, 1.807) is 0 Å². The third-order valence-electron chi connectivity index (χ3n) is 3.80. The van der Waals surface area contributed by atoms with Crippen LogP contribution in [0.1, 0.15) is 31.4 Å². The number of rotatable bonds is 2. The van der Waals surface area contributed by atoms with Gasteiger partial charge in [0.2, 0.25) is 0 Å². The third kappa shape index (κ3) is 3.26. The van der Waals surface area contributed by atoms with Crippen molar-refractivity contribution in [3.8, 4) is 0 Å². The van der Waals surface area contributed by atoms with Crippen LogP contribution in [0.15, 0.2) is 18.2 Å². The van der Waals surface area contributed by atoms with Crippen molar-refractivity contribution in [3.05, 3.63) is 29.3 Å². The second-order valence-corrected chi connectivity index (χ2v) is 5.95. The van der Waals surface area contributed by atoms with E-state index in [0.29, 0.717) is 12.0 Å². The third-order valence-corrected chi connectivity index (χ3v) is 3.80.